The van der Waals surface area contributed by atoms with Crippen molar-refractivity contribution in [3.8, 4) is 11.8 Å². The molecule has 4 atom stereocenters. The van der Waals surface area contributed by atoms with Crippen LogP contribution in [0.25, 0.3) is 0 Å². The van der Waals surface area contributed by atoms with Gasteiger partial charge in [-0.25, -0.2) is 13.6 Å². The van der Waals surface area contributed by atoms with E-state index >= 15 is 0 Å². The Labute approximate surface area is 118 Å². The second-order valence-electron chi connectivity index (χ2n) is 4.46. The predicted molar refractivity (Wildman–Crippen MR) is 67.2 cm³/mol. The summed E-state index contributed by atoms with van der Waals surface area (Å²) in [4.78, 5) is 14.9. The summed E-state index contributed by atoms with van der Waals surface area (Å²) in [5.41, 5.74) is 1.38. The van der Waals surface area contributed by atoms with Crippen LogP contribution in [-0.4, -0.2) is 44.2 Å². The molecule has 114 valence electrons. The maximum absolute atomic E-state index is 14.9. The first kappa shape index (κ1) is 15.4. The van der Waals surface area contributed by atoms with E-state index in [2.05, 4.69) is 16.8 Å². The summed E-state index contributed by atoms with van der Waals surface area (Å²) in [7, 11) is 0. The Morgan fingerprint density at radius 1 is 1.67 bits per heavy atom. The maximum Gasteiger partial charge on any atom is 0.351 e. The molecule has 0 saturated carbocycles. The number of nitrogens with two attached hydrogens (primary N) is 1. The lowest BCUT2D eigenvalue weighted by molar-refractivity contribution is -0.0546. The fourth-order valence-electron chi connectivity index (χ4n) is 2.12. The van der Waals surface area contributed by atoms with Crippen LogP contribution < -0.4 is 11.4 Å². The van der Waals surface area contributed by atoms with Crippen LogP contribution in [0.3, 0.4) is 0 Å². The molecule has 0 aromatic carbocycles. The number of aliphatic hydroxyl groups is 2. The van der Waals surface area contributed by atoms with Crippen LogP contribution in [0.4, 0.5) is 14.6 Å². The van der Waals surface area contributed by atoms with Crippen LogP contribution in [0.15, 0.2) is 11.0 Å². The van der Waals surface area contributed by atoms with Crippen molar-refractivity contribution in [1.29, 1.82) is 0 Å². The minimum absolute atomic E-state index is 0.509. The Kier molecular flexibility index (Phi) is 3.95. The molecule has 4 N–H and O–H groups in total. The monoisotopic (exact) mass is 301 g/mol. The number of halogens is 2. The van der Waals surface area contributed by atoms with E-state index in [0.29, 0.717) is 10.8 Å². The quantitative estimate of drug-likeness (QED) is 0.601. The lowest BCUT2D eigenvalue weighted by atomic mass is 9.96. The molecule has 9 heteroatoms. The number of nitrogens with zero attached hydrogens (tertiary/aromatic N) is 2. The van der Waals surface area contributed by atoms with Crippen molar-refractivity contribution in [3.05, 3.63) is 22.5 Å². The van der Waals surface area contributed by atoms with E-state index in [1.54, 1.807) is 0 Å². The highest BCUT2D eigenvalue weighted by Gasteiger charge is 2.57. The number of ether oxygens (including phenoxy) is 1. The third-order valence-corrected chi connectivity index (χ3v) is 3.13. The summed E-state index contributed by atoms with van der Waals surface area (Å²) in [5, 5.41) is 18.9. The second-order valence-corrected chi connectivity index (χ2v) is 4.46. The molecule has 0 radical (unpaired) electrons. The lowest BCUT2D eigenvalue weighted by Gasteiger charge is -2.24. The van der Waals surface area contributed by atoms with Gasteiger partial charge in [0.25, 0.3) is 0 Å². The SMILES string of the molecule is CC#CC1(F)[C@@H](O)[C@@H](CO)O[C@H]1n1cc(F)c(N)nc1=O. The van der Waals surface area contributed by atoms with E-state index in [0.717, 1.165) is 0 Å². The van der Waals surface area contributed by atoms with Crippen LogP contribution in [0.2, 0.25) is 0 Å². The highest BCUT2D eigenvalue weighted by Crippen LogP contribution is 2.40. The molecule has 1 saturated heterocycles. The number of nitrogen functional groups attached to an aromatic ring is 1. The van der Waals surface area contributed by atoms with E-state index < -0.39 is 48.0 Å². The summed E-state index contributed by atoms with van der Waals surface area (Å²) < 4.78 is 34.0. The standard InChI is InChI=1S/C12H13F2N3O4/c1-2-3-12(14)8(19)7(5-18)21-10(12)17-4-6(13)9(15)16-11(17)20/h4,7-8,10,18-19H,5H2,1H3,(H2,15,16,20)/t7-,8+,10-,12?/m1/s1. The molecule has 1 unspecified atom stereocenters. The van der Waals surface area contributed by atoms with Gasteiger partial charge in [-0.05, 0) is 6.92 Å². The van der Waals surface area contributed by atoms with Crippen molar-refractivity contribution in [1.82, 2.24) is 9.55 Å². The van der Waals surface area contributed by atoms with Crippen LogP contribution in [0.1, 0.15) is 13.2 Å². The minimum Gasteiger partial charge on any atom is -0.394 e. The van der Waals surface area contributed by atoms with E-state index in [1.807, 2.05) is 0 Å². The first-order chi connectivity index (χ1) is 9.85. The number of hydrogen-bond acceptors (Lipinski definition) is 6. The molecule has 0 spiro atoms. The van der Waals surface area contributed by atoms with Gasteiger partial charge < -0.3 is 20.7 Å². The summed E-state index contributed by atoms with van der Waals surface area (Å²) in [5.74, 6) is 2.68. The van der Waals surface area contributed by atoms with Gasteiger partial charge in [0.1, 0.15) is 12.2 Å². The topological polar surface area (TPSA) is 111 Å². The van der Waals surface area contributed by atoms with Crippen LogP contribution >= 0.6 is 0 Å². The highest BCUT2D eigenvalue weighted by molar-refractivity contribution is 5.28. The van der Waals surface area contributed by atoms with Gasteiger partial charge >= 0.3 is 5.69 Å². The Balaban J connectivity index is 2.58. The highest BCUT2D eigenvalue weighted by atomic mass is 19.1. The number of hydrogen-bond donors (Lipinski definition) is 3. The Morgan fingerprint density at radius 2 is 2.33 bits per heavy atom. The van der Waals surface area contributed by atoms with Gasteiger partial charge in [0.15, 0.2) is 17.9 Å². The zero-order valence-electron chi connectivity index (χ0n) is 11.0. The summed E-state index contributed by atoms with van der Waals surface area (Å²) >= 11 is 0. The van der Waals surface area contributed by atoms with Crippen molar-refractivity contribution >= 4 is 5.82 Å². The van der Waals surface area contributed by atoms with Crippen LogP contribution in [0.5, 0.6) is 0 Å². The van der Waals surface area contributed by atoms with E-state index in [1.165, 1.54) is 6.92 Å². The predicted octanol–water partition coefficient (Wildman–Crippen LogP) is -1.05. The number of alkyl halides is 1. The van der Waals surface area contributed by atoms with Gasteiger partial charge in [0.05, 0.1) is 12.8 Å². The molecule has 1 aliphatic rings. The summed E-state index contributed by atoms with van der Waals surface area (Å²) in [6.07, 6.45) is -4.26. The Bertz CT molecular complexity index is 669. The van der Waals surface area contributed by atoms with Crippen LogP contribution in [-0.2, 0) is 4.74 Å². The maximum atomic E-state index is 14.9. The third-order valence-electron chi connectivity index (χ3n) is 3.13. The average molecular weight is 301 g/mol. The molecule has 1 fully saturated rings. The zero-order valence-corrected chi connectivity index (χ0v) is 11.0. The van der Waals surface area contributed by atoms with Gasteiger partial charge in [-0.2, -0.15) is 4.98 Å². The average Bonchev–Trinajstić information content (AvgIpc) is 2.67. The van der Waals surface area contributed by atoms with Gasteiger partial charge in [-0.1, -0.05) is 5.92 Å². The molecule has 0 amide bonds. The summed E-state index contributed by atoms with van der Waals surface area (Å²) in [6, 6.07) is 0. The first-order valence-electron chi connectivity index (χ1n) is 5.96. The molecule has 2 rings (SSSR count). The van der Waals surface area contributed by atoms with Crippen molar-refractivity contribution in [2.75, 3.05) is 12.3 Å². The molecular weight excluding hydrogens is 288 g/mol. The molecule has 1 aromatic rings. The Hall–Kier alpha value is -2.02. The molecular formula is C12H13F2N3O4. The number of anilines is 1. The molecule has 0 bridgehead atoms. The zero-order chi connectivity index (χ0) is 15.8. The number of aromatic nitrogens is 2. The molecule has 0 aliphatic carbocycles. The van der Waals surface area contributed by atoms with Crippen molar-refractivity contribution in [3.63, 3.8) is 0 Å². The Morgan fingerprint density at radius 3 is 2.90 bits per heavy atom. The molecule has 2 heterocycles. The van der Waals surface area contributed by atoms with E-state index in [9.17, 15) is 18.7 Å². The lowest BCUT2D eigenvalue weighted by Crippen LogP contribution is -2.44. The largest absolute Gasteiger partial charge is 0.394 e. The molecule has 7 nitrogen and oxygen atoms in total. The fourth-order valence-corrected chi connectivity index (χ4v) is 2.12. The number of rotatable bonds is 2. The second kappa shape index (κ2) is 5.40. The smallest absolute Gasteiger partial charge is 0.351 e. The molecule has 21 heavy (non-hydrogen) atoms. The van der Waals surface area contributed by atoms with Crippen molar-refractivity contribution < 1.29 is 23.7 Å². The minimum atomic E-state index is -2.70. The van der Waals surface area contributed by atoms with E-state index in [4.69, 9.17) is 15.6 Å². The fraction of sp³-hybridized carbons (Fsp3) is 0.500. The van der Waals surface area contributed by atoms with E-state index in [-0.39, 0.29) is 0 Å². The van der Waals surface area contributed by atoms with Crippen LogP contribution in [0, 0.1) is 17.7 Å². The molecule has 1 aromatic heterocycles. The van der Waals surface area contributed by atoms with Gasteiger partial charge in [-0.3, -0.25) is 4.57 Å². The van der Waals surface area contributed by atoms with Crippen molar-refractivity contribution in [2.24, 2.45) is 0 Å². The molecule has 1 aliphatic heterocycles. The third kappa shape index (κ3) is 2.37. The first-order valence-corrected chi connectivity index (χ1v) is 5.96. The van der Waals surface area contributed by atoms with Gasteiger partial charge in [0.2, 0.25) is 5.67 Å². The number of aliphatic hydroxyl groups excluding tert-OH is 2. The van der Waals surface area contributed by atoms with Crippen molar-refractivity contribution in [2.45, 2.75) is 31.0 Å². The van der Waals surface area contributed by atoms with Gasteiger partial charge in [0, 0.05) is 0 Å². The summed E-state index contributed by atoms with van der Waals surface area (Å²) in [6.45, 7) is 0.621. The van der Waals surface area contributed by atoms with Gasteiger partial charge in [-0.15, -0.1) is 5.92 Å². The normalized spacial score (nSPS) is 31.8.